The summed E-state index contributed by atoms with van der Waals surface area (Å²) in [6.07, 6.45) is 8.68. The molecule has 0 aromatic heterocycles. The van der Waals surface area contributed by atoms with Crippen LogP contribution in [-0.4, -0.2) is 20.0 Å². The Kier molecular flexibility index (Phi) is 11.3. The Morgan fingerprint density at radius 2 is 1.56 bits per heavy atom. The zero-order chi connectivity index (χ0) is 26.1. The molecular weight excluding hydrogens is 487 g/mol. The van der Waals surface area contributed by atoms with Crippen molar-refractivity contribution < 1.29 is 27.1 Å². The van der Waals surface area contributed by atoms with Gasteiger partial charge in [0.2, 0.25) is 0 Å². The van der Waals surface area contributed by atoms with E-state index in [9.17, 15) is 27.1 Å². The van der Waals surface area contributed by atoms with Gasteiger partial charge in [0.25, 0.3) is 0 Å². The number of rotatable bonds is 9. The van der Waals surface area contributed by atoms with Gasteiger partial charge in [0, 0.05) is 8.80 Å². The number of benzene rings is 1. The Morgan fingerprint density at radius 1 is 0.917 bits per heavy atom. The molecule has 1 aromatic rings. The molecule has 1 unspecified atom stereocenters. The van der Waals surface area contributed by atoms with E-state index in [1.165, 1.54) is 75.9 Å². The Bertz CT molecular complexity index is 874. The summed E-state index contributed by atoms with van der Waals surface area (Å²) in [6, 6.07) is 5.85. The minimum Gasteiger partial charge on any atom is -0.380 e. The van der Waals surface area contributed by atoms with Crippen LogP contribution in [0.4, 0.5) is 22.0 Å². The van der Waals surface area contributed by atoms with E-state index in [0.717, 1.165) is 30.7 Å². The Hall–Kier alpha value is -1.39. The third kappa shape index (κ3) is 8.58. The first-order valence-corrected chi connectivity index (χ1v) is 16.4. The summed E-state index contributed by atoms with van der Waals surface area (Å²) in [5.74, 6) is 3.24. The number of hydrogen-bond acceptors (Lipinski definition) is 1. The molecule has 1 heterocycles. The van der Waals surface area contributed by atoms with Crippen LogP contribution in [0.3, 0.4) is 0 Å². The molecule has 2 aliphatic rings. The second-order valence-electron chi connectivity index (χ2n) is 11.1. The lowest BCUT2D eigenvalue weighted by atomic mass is 9.73. The Balaban J connectivity index is 1.39. The molecule has 2 fully saturated rings. The molecule has 1 nitrogen and oxygen atoms in total. The highest BCUT2D eigenvalue weighted by molar-refractivity contribution is 6.58. The maximum Gasteiger partial charge on any atom is 0.419 e. The summed E-state index contributed by atoms with van der Waals surface area (Å²) in [4.78, 5) is 0. The summed E-state index contributed by atoms with van der Waals surface area (Å²) in [5.41, 5.74) is -2.12. The number of hydrogen-bond donors (Lipinski definition) is 1. The van der Waals surface area contributed by atoms with Crippen LogP contribution >= 0.6 is 0 Å². The van der Waals surface area contributed by atoms with E-state index in [0.29, 0.717) is 18.4 Å². The lowest BCUT2D eigenvalue weighted by molar-refractivity contribution is -0.140. The van der Waals surface area contributed by atoms with Crippen molar-refractivity contribution in [2.45, 2.75) is 114 Å². The molecule has 36 heavy (non-hydrogen) atoms. The topological polar surface area (TPSA) is 20.2 Å². The quantitative estimate of drug-likeness (QED) is 0.147. The first-order valence-electron chi connectivity index (χ1n) is 13.9. The molecule has 1 saturated heterocycles. The van der Waals surface area contributed by atoms with Crippen LogP contribution < -0.4 is 0 Å². The van der Waals surface area contributed by atoms with Crippen molar-refractivity contribution in [2.24, 2.45) is 17.8 Å². The van der Waals surface area contributed by atoms with Crippen molar-refractivity contribution in [1.82, 2.24) is 0 Å². The number of aliphatic hydroxyl groups excluding tert-OH is 1. The molecule has 1 aromatic carbocycles. The number of aliphatic hydroxyl groups is 1. The van der Waals surface area contributed by atoms with E-state index in [4.69, 9.17) is 0 Å². The van der Waals surface area contributed by atoms with Crippen molar-refractivity contribution in [1.29, 1.82) is 0 Å². The first kappa shape index (κ1) is 29.2. The molecule has 1 saturated carbocycles. The summed E-state index contributed by atoms with van der Waals surface area (Å²) in [6.45, 7) is 2.26. The smallest absolute Gasteiger partial charge is 0.380 e. The predicted octanol–water partition coefficient (Wildman–Crippen LogP) is 8.50. The fraction of sp³-hybridized carbons (Fsp3) is 0.724. The van der Waals surface area contributed by atoms with Crippen molar-refractivity contribution in [2.75, 3.05) is 0 Å². The molecule has 1 aliphatic heterocycles. The number of halogens is 5. The van der Waals surface area contributed by atoms with E-state index in [2.05, 4.69) is 18.8 Å². The second-order valence-corrected chi connectivity index (χ2v) is 14.5. The summed E-state index contributed by atoms with van der Waals surface area (Å²) < 4.78 is 65.8. The van der Waals surface area contributed by atoms with Crippen molar-refractivity contribution >= 4 is 8.80 Å². The zero-order valence-electron chi connectivity index (χ0n) is 21.5. The fourth-order valence-electron chi connectivity index (χ4n) is 6.28. The van der Waals surface area contributed by atoms with Crippen LogP contribution in [0.25, 0.3) is 0 Å². The van der Waals surface area contributed by atoms with E-state index in [-0.39, 0.29) is 0 Å². The average molecular weight is 529 g/mol. The molecular formula is C29H41F5OSi. The highest BCUT2D eigenvalue weighted by Gasteiger charge is 2.36. The number of unbranched alkanes of at least 4 members (excludes halogenated alkanes) is 4. The minimum absolute atomic E-state index is 0.341. The largest absolute Gasteiger partial charge is 0.419 e. The van der Waals surface area contributed by atoms with E-state index in [1.54, 1.807) is 0 Å². The van der Waals surface area contributed by atoms with Gasteiger partial charge in [-0.05, 0) is 49.1 Å². The first-order chi connectivity index (χ1) is 17.2. The second kappa shape index (κ2) is 14.0. The number of alkyl halides is 3. The van der Waals surface area contributed by atoms with Gasteiger partial charge in [0.05, 0.1) is 11.1 Å². The SMILES string of the molecule is CCCCCCC[SiH]1CCC([C@H]2CC[C@H](CC(O)C#Cc3ccc(C(F)(F)F)c(F)c3F)CC2)CC1. The van der Waals surface area contributed by atoms with Gasteiger partial charge in [0.15, 0.2) is 11.6 Å². The minimum atomic E-state index is -4.97. The molecule has 1 aliphatic carbocycles. The standard InChI is InChI=1S/C29H41F5OSi/c1-2-3-4-5-6-17-36-18-15-23(16-19-36)22-9-7-21(8-10-22)20-25(35)13-11-24-12-14-26(29(32,33)34)28(31)27(24)30/h12,14,21-23,25,35-36H,2-10,15-20H2,1H3/t21-,22-,23?,25?,36?. The molecule has 0 radical (unpaired) electrons. The van der Waals surface area contributed by atoms with Crippen molar-refractivity contribution in [3.05, 3.63) is 34.9 Å². The highest BCUT2D eigenvalue weighted by Crippen LogP contribution is 2.42. The van der Waals surface area contributed by atoms with Crippen molar-refractivity contribution in [3.63, 3.8) is 0 Å². The maximum absolute atomic E-state index is 14.0. The Morgan fingerprint density at radius 3 is 2.19 bits per heavy atom. The van der Waals surface area contributed by atoms with Crippen LogP contribution in [0, 0.1) is 41.2 Å². The molecule has 0 amide bonds. The lowest BCUT2D eigenvalue weighted by Crippen LogP contribution is -2.29. The van der Waals surface area contributed by atoms with Crippen LogP contribution in [0.15, 0.2) is 12.1 Å². The monoisotopic (exact) mass is 528 g/mol. The molecule has 0 spiro atoms. The zero-order valence-corrected chi connectivity index (χ0v) is 22.6. The summed E-state index contributed by atoms with van der Waals surface area (Å²) >= 11 is 0. The molecule has 0 bridgehead atoms. The fourth-order valence-corrected chi connectivity index (χ4v) is 9.81. The third-order valence-electron chi connectivity index (χ3n) is 8.48. The van der Waals surface area contributed by atoms with Gasteiger partial charge >= 0.3 is 6.18 Å². The average Bonchev–Trinajstić information content (AvgIpc) is 2.85. The van der Waals surface area contributed by atoms with Gasteiger partial charge in [-0.2, -0.15) is 13.2 Å². The molecule has 7 heteroatoms. The van der Waals surface area contributed by atoms with Gasteiger partial charge in [-0.25, -0.2) is 8.78 Å². The van der Waals surface area contributed by atoms with E-state index < -0.39 is 43.8 Å². The van der Waals surface area contributed by atoms with Gasteiger partial charge < -0.3 is 5.11 Å². The van der Waals surface area contributed by atoms with Crippen LogP contribution in [0.2, 0.25) is 18.1 Å². The molecule has 3 rings (SSSR count). The maximum atomic E-state index is 14.0. The van der Waals surface area contributed by atoms with Crippen LogP contribution in [0.1, 0.15) is 95.1 Å². The lowest BCUT2D eigenvalue weighted by Gasteiger charge is -2.37. The highest BCUT2D eigenvalue weighted by atomic mass is 28.3. The normalized spacial score (nSPS) is 25.8. The van der Waals surface area contributed by atoms with Crippen LogP contribution in [0.5, 0.6) is 0 Å². The summed E-state index contributed by atoms with van der Waals surface area (Å²) in [5, 5.41) is 10.3. The van der Waals surface area contributed by atoms with Crippen molar-refractivity contribution in [3.8, 4) is 11.8 Å². The molecule has 1 N–H and O–H groups in total. The van der Waals surface area contributed by atoms with Gasteiger partial charge in [-0.3, -0.25) is 0 Å². The van der Waals surface area contributed by atoms with Gasteiger partial charge in [-0.1, -0.05) is 94.7 Å². The Labute approximate surface area is 214 Å². The van der Waals surface area contributed by atoms with Gasteiger partial charge in [-0.15, -0.1) is 0 Å². The van der Waals surface area contributed by atoms with Gasteiger partial charge in [0.1, 0.15) is 6.10 Å². The van der Waals surface area contributed by atoms with E-state index in [1.807, 2.05) is 0 Å². The predicted molar refractivity (Wildman–Crippen MR) is 137 cm³/mol. The third-order valence-corrected chi connectivity index (χ3v) is 12.0. The van der Waals surface area contributed by atoms with Crippen LogP contribution in [-0.2, 0) is 6.18 Å². The van der Waals surface area contributed by atoms with E-state index >= 15 is 0 Å². The molecule has 202 valence electrons. The summed E-state index contributed by atoms with van der Waals surface area (Å²) in [7, 11) is -0.509. The molecule has 1 atom stereocenters.